The van der Waals surface area contributed by atoms with Crippen LogP contribution in [0.4, 0.5) is 32.6 Å². The van der Waals surface area contributed by atoms with Gasteiger partial charge in [0.2, 0.25) is 0 Å². The molecule has 4 amide bonds. The van der Waals surface area contributed by atoms with Crippen molar-refractivity contribution < 1.29 is 68.2 Å². The molecular weight excluding hydrogens is 1110 g/mol. The van der Waals surface area contributed by atoms with E-state index in [1.54, 1.807) is 29.9 Å². The molecule has 15 nitrogen and oxygen atoms in total. The number of halogens is 1. The van der Waals surface area contributed by atoms with Crippen LogP contribution in [-0.2, 0) is 0 Å². The largest absolute Gasteiger partial charge is 1.00 e. The van der Waals surface area contributed by atoms with Crippen molar-refractivity contribution in [3.05, 3.63) is 109 Å². The Morgan fingerprint density at radius 1 is 0.671 bits per heavy atom. The topological polar surface area (TPSA) is 152 Å². The first kappa shape index (κ1) is 58.9. The van der Waals surface area contributed by atoms with Crippen molar-refractivity contribution in [1.29, 1.82) is 0 Å². The van der Waals surface area contributed by atoms with Crippen molar-refractivity contribution in [1.82, 2.24) is 39.0 Å². The normalized spacial score (nSPS) is 19.6. The number of aliphatic hydroxyl groups excluding tert-OH is 1. The van der Waals surface area contributed by atoms with Gasteiger partial charge in [0.25, 0.3) is 0 Å². The molecule has 10 rings (SSSR count). The van der Waals surface area contributed by atoms with Gasteiger partial charge in [-0.25, -0.2) is 14.3 Å². The molecule has 2 aromatic carbocycles. The quantitative estimate of drug-likeness (QED) is 0.123. The molecule has 0 bridgehead atoms. The molecule has 70 heavy (non-hydrogen) atoms. The Morgan fingerprint density at radius 3 is 1.63 bits per heavy atom. The predicted molar refractivity (Wildman–Crippen MR) is 280 cm³/mol. The Labute approximate surface area is 459 Å². The molecule has 0 radical (unpaired) electrons. The fraction of sp³-hybridized carbons (Fsp3) is 0.481. The minimum absolute atomic E-state index is 0. The number of nitrogens with zero attached hydrogens (tertiary/aromatic N) is 10. The molecule has 4 aromatic heterocycles. The van der Waals surface area contributed by atoms with Crippen molar-refractivity contribution in [2.45, 2.75) is 114 Å². The third kappa shape index (κ3) is 12.7. The summed E-state index contributed by atoms with van der Waals surface area (Å²) in [5.41, 5.74) is 9.30. The third-order valence-corrected chi connectivity index (χ3v) is 19.6. The number of anilines is 4. The number of aromatic nitrogens is 6. The van der Waals surface area contributed by atoms with Crippen LogP contribution in [0, 0.1) is 34.1 Å². The van der Waals surface area contributed by atoms with Crippen molar-refractivity contribution in [3.63, 3.8) is 0 Å². The van der Waals surface area contributed by atoms with Gasteiger partial charge in [0.15, 0.2) is 5.65 Å². The molecule has 374 valence electrons. The number of carbonyl (C=O) groups excluding carboxylic acids is 2. The molecule has 4 aliphatic rings. The van der Waals surface area contributed by atoms with E-state index >= 15 is 0 Å². The number of β-amino-alcohol motifs (C(OH)–C–C–N with tert-alkyl or cyclic N) is 1. The van der Waals surface area contributed by atoms with Gasteiger partial charge in [-0.2, -0.15) is 5.10 Å². The summed E-state index contributed by atoms with van der Waals surface area (Å²) in [5, 5.41) is 24.5. The Balaban J connectivity index is 0.000000285. The minimum atomic E-state index is -2.18. The fourth-order valence-corrected chi connectivity index (χ4v) is 13.3. The summed E-state index contributed by atoms with van der Waals surface area (Å²) in [6.07, 6.45) is 12.9. The second-order valence-electron chi connectivity index (χ2n) is 19.7. The van der Waals surface area contributed by atoms with Gasteiger partial charge >= 0.3 is 210 Å². The molecule has 4 saturated heterocycles. The Bertz CT molecular complexity index is 2730. The molecule has 3 N–H and O–H groups in total. The predicted octanol–water partition coefficient (Wildman–Crippen LogP) is 3.81. The molecule has 18 heteroatoms. The molecule has 4 fully saturated rings. The van der Waals surface area contributed by atoms with Crippen LogP contribution in [0.25, 0.3) is 11.3 Å². The van der Waals surface area contributed by atoms with Gasteiger partial charge < -0.3 is 51.6 Å². The van der Waals surface area contributed by atoms with Gasteiger partial charge in [0, 0.05) is 38.9 Å². The summed E-state index contributed by atoms with van der Waals surface area (Å²) in [6, 6.07) is 18.1. The minimum Gasteiger partial charge on any atom is -1.00 e. The second kappa shape index (κ2) is 24.8. The van der Waals surface area contributed by atoms with Crippen molar-refractivity contribution >= 4 is 68.3 Å². The van der Waals surface area contributed by atoms with Gasteiger partial charge in [-0.3, -0.25) is 0 Å². The number of hydrogen-bond acceptors (Lipinski definition) is 9. The summed E-state index contributed by atoms with van der Waals surface area (Å²) < 4.78 is 4.98. The number of urea groups is 2. The van der Waals surface area contributed by atoms with Crippen LogP contribution < -0.4 is 77.5 Å². The molecule has 0 unspecified atom stereocenters. The summed E-state index contributed by atoms with van der Waals surface area (Å²) in [5.74, 6) is 2.39. The number of carbonyl (C=O) groups is 2. The Morgan fingerprint density at radius 2 is 1.16 bits per heavy atom. The number of amides is 4. The Kier molecular flexibility index (Phi) is 20.9. The first-order chi connectivity index (χ1) is 31.2. The number of fused-ring (bicyclic) bond motifs is 2. The van der Waals surface area contributed by atoms with E-state index < -0.39 is 24.5 Å². The molecule has 4 aliphatic heterocycles. The summed E-state index contributed by atoms with van der Waals surface area (Å²) >= 11 is -2.18. The maximum Gasteiger partial charge on any atom is 1.00 e. The van der Waals surface area contributed by atoms with Gasteiger partial charge in [-0.1, -0.05) is 45.5 Å². The molecule has 0 aliphatic carbocycles. The van der Waals surface area contributed by atoms with Gasteiger partial charge in [0.1, 0.15) is 11.5 Å². The first-order valence-electron chi connectivity index (χ1n) is 23.4. The summed E-state index contributed by atoms with van der Waals surface area (Å²) in [7, 11) is 0. The smallest absolute Gasteiger partial charge is 1.00 e. The summed E-state index contributed by atoms with van der Waals surface area (Å²) in [4.78, 5) is 50.9. The van der Waals surface area contributed by atoms with Gasteiger partial charge in [0.05, 0.1) is 18.3 Å². The second-order valence-corrected chi connectivity index (χ2v) is 34.2. The molecule has 0 saturated carbocycles. The van der Waals surface area contributed by atoms with Gasteiger partial charge in [-0.05, 0) is 62.6 Å². The van der Waals surface area contributed by atoms with Crippen molar-refractivity contribution in [2.75, 3.05) is 59.7 Å². The monoisotopic (exact) mass is 1190 g/mol. The van der Waals surface area contributed by atoms with E-state index in [0.717, 1.165) is 69.9 Å². The van der Waals surface area contributed by atoms with Crippen LogP contribution in [0.2, 0.25) is 14.8 Å². The van der Waals surface area contributed by atoms with E-state index in [1.165, 1.54) is 27.8 Å². The average Bonchev–Trinajstić information content (AvgIpc) is 4.15. The van der Waals surface area contributed by atoms with Crippen molar-refractivity contribution in [3.8, 4) is 0 Å². The molecular formula is C52H75IN12NaO3Sn-. The Hall–Kier alpha value is -3.69. The number of hydrogen-bond donors (Lipinski definition) is 3. The fourth-order valence-electron chi connectivity index (χ4n) is 9.96. The molecule has 8 heterocycles. The summed E-state index contributed by atoms with van der Waals surface area (Å²) in [6.45, 7) is 13.2. The number of aliphatic hydroxyl groups is 1. The zero-order chi connectivity index (χ0) is 45.6. The van der Waals surface area contributed by atoms with Gasteiger partial charge in [-0.15, -0.1) is 0 Å². The molecule has 0 spiro atoms. The van der Waals surface area contributed by atoms with Crippen molar-refractivity contribution in [2.24, 2.45) is 5.92 Å². The standard InChI is InChI=1S/C24H30N6O.C22H25N6O2.2CH4.4CH3.HI.Na.Sn/c1-16-6-7-18(3)19(13-16)21-5-4-10-29(21)22-9-12-30-23(27-22)20(14-25-30)26-24(31)28-11-8-17(2)15-28;1-15-5-2-3-6-17(15)19-7-4-10-27(19)20-9-12-28-21(25-20)18(13-23-28)24-22(30)26-11-8-16(29)14-26;;;;;;;;;/h6-7,9,12-14,17,21H,4-5,8,10-11,15H2,1-3H3,(H,26,31);2,5-6,9,12-13,16,19,29H,4,7-8,10-11,14H2,1H3,(H,24,30);2*1H4;4*1H3;1H;;/q;;;;;;;-1;;+1;/p-1/t17-,21+;16-,19+;;;;;;;;;/m00........./s1. The number of likely N-dealkylation sites (tertiary alicyclic amines) is 2. The van der Waals surface area contributed by atoms with E-state index in [0.29, 0.717) is 60.2 Å². The van der Waals surface area contributed by atoms with Crippen LogP contribution >= 0.6 is 0 Å². The van der Waals surface area contributed by atoms with E-state index in [4.69, 9.17) is 9.97 Å². The molecule has 4 atom stereocenters. The van der Waals surface area contributed by atoms with Crippen LogP contribution in [-0.4, -0.2) is 120 Å². The zero-order valence-electron chi connectivity index (χ0n) is 41.3. The average molecular weight is 1180 g/mol. The molecule has 6 aromatic rings. The van der Waals surface area contributed by atoms with Crippen LogP contribution in [0.5, 0.6) is 0 Å². The maximum absolute atomic E-state index is 12.7. The number of benzene rings is 2. The van der Waals surface area contributed by atoms with E-state index in [-0.39, 0.29) is 87.9 Å². The maximum atomic E-state index is 12.7. The van der Waals surface area contributed by atoms with E-state index in [2.05, 4.69) is 110 Å². The van der Waals surface area contributed by atoms with E-state index in [1.807, 2.05) is 29.4 Å². The third-order valence-electron chi connectivity index (χ3n) is 13.7. The first-order valence-corrected chi connectivity index (χ1v) is 33.4. The number of aryl methyl sites for hydroxylation is 3. The van der Waals surface area contributed by atoms with Crippen LogP contribution in [0.15, 0.2) is 73.3 Å². The number of rotatable bonds is 7. The SMILES string of the molecule is C.C.Cc1cc[c]([Sn]([CH3])([CH3])[CH3])cc1[C@H]1CCCN1c1ccn2ncc(NC(=O)N3CC[C@H](O)C3)c2n1.Cc1ccc(C)c([C@H]2CCCN2c2ccn3ncc(NC(=O)N4CC[C@H](C)C4)c3n2)c1.[CH3-].[I-].[Na+]. The van der Waals surface area contributed by atoms with Crippen LogP contribution in [0.1, 0.15) is 100 Å². The van der Waals surface area contributed by atoms with Crippen LogP contribution in [0.3, 0.4) is 0 Å². The zero-order valence-corrected chi connectivity index (χ0v) is 48.3. The van der Waals surface area contributed by atoms with E-state index in [9.17, 15) is 14.7 Å². The number of nitrogens with one attached hydrogen (secondary N) is 2.